The number of hydrogen-bond donors (Lipinski definition) is 0. The Morgan fingerprint density at radius 2 is 2.15 bits per heavy atom. The maximum atomic E-state index is 11.2. The Morgan fingerprint density at radius 3 is 2.62 bits per heavy atom. The average Bonchev–Trinajstić information content (AvgIpc) is 2.47. The van der Waals surface area contributed by atoms with E-state index in [9.17, 15) is 4.79 Å². The summed E-state index contributed by atoms with van der Waals surface area (Å²) in [4.78, 5) is 11.2. The fourth-order valence-electron chi connectivity index (χ4n) is 0.957. The van der Waals surface area contributed by atoms with E-state index >= 15 is 0 Å². The molecule has 1 aromatic heterocycles. The minimum Gasteiger partial charge on any atom is -0.426 e. The van der Waals surface area contributed by atoms with Crippen molar-refractivity contribution < 1.29 is 9.21 Å². The third-order valence-corrected chi connectivity index (χ3v) is 1.80. The molecule has 13 heavy (non-hydrogen) atoms. The van der Waals surface area contributed by atoms with Crippen LogP contribution in [0.3, 0.4) is 0 Å². The molecular formula is C9H14N2O2. The largest absolute Gasteiger partial charge is 0.426 e. The molecule has 0 unspecified atom stereocenters. The normalized spacial score (nSPS) is 10.8. The van der Waals surface area contributed by atoms with Gasteiger partial charge in [0.2, 0.25) is 11.8 Å². The van der Waals surface area contributed by atoms with Gasteiger partial charge >= 0.3 is 0 Å². The molecule has 72 valence electrons. The molecule has 0 aliphatic carbocycles. The van der Waals surface area contributed by atoms with Crippen molar-refractivity contribution in [2.24, 2.45) is 5.92 Å². The topological polar surface area (TPSA) is 56.0 Å². The van der Waals surface area contributed by atoms with Gasteiger partial charge < -0.3 is 4.42 Å². The van der Waals surface area contributed by atoms with E-state index in [4.69, 9.17) is 4.42 Å². The zero-order valence-electron chi connectivity index (χ0n) is 8.20. The van der Waals surface area contributed by atoms with Crippen molar-refractivity contribution in [3.05, 3.63) is 11.8 Å². The Bertz CT molecular complexity index is 292. The third kappa shape index (κ3) is 2.97. The van der Waals surface area contributed by atoms with E-state index in [0.717, 1.165) is 0 Å². The number of hydrogen-bond acceptors (Lipinski definition) is 4. The molecule has 1 heterocycles. The van der Waals surface area contributed by atoms with E-state index in [0.29, 0.717) is 24.6 Å². The van der Waals surface area contributed by atoms with E-state index in [1.165, 1.54) is 0 Å². The molecule has 0 atom stereocenters. The van der Waals surface area contributed by atoms with Crippen LogP contribution in [0.15, 0.2) is 4.42 Å². The Hall–Kier alpha value is -1.19. The van der Waals surface area contributed by atoms with E-state index in [2.05, 4.69) is 10.2 Å². The summed E-state index contributed by atoms with van der Waals surface area (Å²) in [6.07, 6.45) is 1.04. The Labute approximate surface area is 77.3 Å². The lowest BCUT2D eigenvalue weighted by Gasteiger charge is -2.00. The summed E-state index contributed by atoms with van der Waals surface area (Å²) in [5.74, 6) is 1.42. The summed E-state index contributed by atoms with van der Waals surface area (Å²) in [6, 6.07) is 0. The van der Waals surface area contributed by atoms with E-state index in [1.807, 2.05) is 13.8 Å². The fraction of sp³-hybridized carbons (Fsp3) is 0.667. The lowest BCUT2D eigenvalue weighted by molar-refractivity contribution is -0.121. The molecular weight excluding hydrogens is 168 g/mol. The Morgan fingerprint density at radius 1 is 1.46 bits per heavy atom. The standard InChI is InChI=1S/C9H14N2O2/c1-6(2)8(12)4-5-9-11-10-7(3)13-9/h6H,4-5H2,1-3H3. The molecule has 0 spiro atoms. The van der Waals surface area contributed by atoms with Gasteiger partial charge in [0.25, 0.3) is 0 Å². The summed E-state index contributed by atoms with van der Waals surface area (Å²) in [6.45, 7) is 5.52. The van der Waals surface area contributed by atoms with Crippen LogP contribution in [-0.2, 0) is 11.2 Å². The summed E-state index contributed by atoms with van der Waals surface area (Å²) < 4.78 is 5.14. The van der Waals surface area contributed by atoms with Gasteiger partial charge in [-0.05, 0) is 0 Å². The summed E-state index contributed by atoms with van der Waals surface area (Å²) >= 11 is 0. The molecule has 4 nitrogen and oxygen atoms in total. The maximum Gasteiger partial charge on any atom is 0.216 e. The number of carbonyl (C=O) groups is 1. The minimum atomic E-state index is 0.0871. The van der Waals surface area contributed by atoms with Crippen molar-refractivity contribution in [1.29, 1.82) is 0 Å². The van der Waals surface area contributed by atoms with Crippen LogP contribution < -0.4 is 0 Å². The molecule has 1 aromatic rings. The van der Waals surface area contributed by atoms with Crippen molar-refractivity contribution in [3.8, 4) is 0 Å². The summed E-state index contributed by atoms with van der Waals surface area (Å²) in [7, 11) is 0. The van der Waals surface area contributed by atoms with E-state index < -0.39 is 0 Å². The van der Waals surface area contributed by atoms with Gasteiger partial charge in [-0.2, -0.15) is 0 Å². The van der Waals surface area contributed by atoms with Crippen LogP contribution in [0, 0.1) is 12.8 Å². The predicted molar refractivity (Wildman–Crippen MR) is 47.2 cm³/mol. The zero-order valence-corrected chi connectivity index (χ0v) is 8.20. The maximum absolute atomic E-state index is 11.2. The predicted octanol–water partition coefficient (Wildman–Crippen LogP) is 1.54. The molecule has 4 heteroatoms. The van der Waals surface area contributed by atoms with Crippen molar-refractivity contribution in [2.45, 2.75) is 33.6 Å². The van der Waals surface area contributed by atoms with Crippen molar-refractivity contribution in [1.82, 2.24) is 10.2 Å². The molecule has 0 amide bonds. The monoisotopic (exact) mass is 182 g/mol. The molecule has 0 aliphatic heterocycles. The second kappa shape index (κ2) is 4.16. The van der Waals surface area contributed by atoms with Crippen LogP contribution in [0.2, 0.25) is 0 Å². The summed E-state index contributed by atoms with van der Waals surface area (Å²) in [5, 5.41) is 7.49. The quantitative estimate of drug-likeness (QED) is 0.708. The number of aryl methyl sites for hydroxylation is 2. The van der Waals surface area contributed by atoms with E-state index in [1.54, 1.807) is 6.92 Å². The Kier molecular flexibility index (Phi) is 3.17. The number of nitrogens with zero attached hydrogens (tertiary/aromatic N) is 2. The minimum absolute atomic E-state index is 0.0871. The van der Waals surface area contributed by atoms with Crippen LogP contribution >= 0.6 is 0 Å². The molecule has 0 bridgehead atoms. The Balaban J connectivity index is 2.39. The number of aromatic nitrogens is 2. The molecule has 0 aliphatic rings. The molecule has 1 rings (SSSR count). The zero-order chi connectivity index (χ0) is 9.84. The van der Waals surface area contributed by atoms with Crippen LogP contribution in [0.1, 0.15) is 32.0 Å². The number of carbonyl (C=O) groups excluding carboxylic acids is 1. The molecule has 0 aromatic carbocycles. The second-order valence-corrected chi connectivity index (χ2v) is 3.34. The van der Waals surface area contributed by atoms with Gasteiger partial charge in [-0.1, -0.05) is 13.8 Å². The second-order valence-electron chi connectivity index (χ2n) is 3.34. The molecule has 0 fully saturated rings. The third-order valence-electron chi connectivity index (χ3n) is 1.80. The fourth-order valence-corrected chi connectivity index (χ4v) is 0.957. The molecule has 0 N–H and O–H groups in total. The van der Waals surface area contributed by atoms with Gasteiger partial charge in [0.15, 0.2) is 0 Å². The first-order chi connectivity index (χ1) is 6.09. The van der Waals surface area contributed by atoms with Gasteiger partial charge in [0, 0.05) is 25.7 Å². The highest BCUT2D eigenvalue weighted by molar-refractivity contribution is 5.80. The highest BCUT2D eigenvalue weighted by Crippen LogP contribution is 2.05. The molecule has 0 saturated carbocycles. The van der Waals surface area contributed by atoms with Crippen LogP contribution in [-0.4, -0.2) is 16.0 Å². The van der Waals surface area contributed by atoms with Crippen LogP contribution in [0.4, 0.5) is 0 Å². The SMILES string of the molecule is Cc1nnc(CCC(=O)C(C)C)o1. The summed E-state index contributed by atoms with van der Waals surface area (Å²) in [5.41, 5.74) is 0. The smallest absolute Gasteiger partial charge is 0.216 e. The highest BCUT2D eigenvalue weighted by atomic mass is 16.4. The first-order valence-electron chi connectivity index (χ1n) is 4.41. The van der Waals surface area contributed by atoms with Gasteiger partial charge in [0.05, 0.1) is 0 Å². The van der Waals surface area contributed by atoms with Gasteiger partial charge in [-0.25, -0.2) is 0 Å². The highest BCUT2D eigenvalue weighted by Gasteiger charge is 2.09. The van der Waals surface area contributed by atoms with Gasteiger partial charge in [-0.15, -0.1) is 10.2 Å². The average molecular weight is 182 g/mol. The van der Waals surface area contributed by atoms with Crippen molar-refractivity contribution in [3.63, 3.8) is 0 Å². The van der Waals surface area contributed by atoms with Crippen molar-refractivity contribution >= 4 is 5.78 Å². The van der Waals surface area contributed by atoms with Crippen LogP contribution in [0.25, 0.3) is 0 Å². The first kappa shape index (κ1) is 9.89. The molecule has 0 saturated heterocycles. The van der Waals surface area contributed by atoms with Crippen molar-refractivity contribution in [2.75, 3.05) is 0 Å². The number of rotatable bonds is 4. The van der Waals surface area contributed by atoms with Crippen LogP contribution in [0.5, 0.6) is 0 Å². The number of Topliss-reactive ketones (excluding diaryl/α,β-unsaturated/α-hetero) is 1. The molecule has 0 radical (unpaired) electrons. The first-order valence-corrected chi connectivity index (χ1v) is 4.41. The number of ketones is 1. The lowest BCUT2D eigenvalue weighted by Crippen LogP contribution is -2.07. The van der Waals surface area contributed by atoms with Gasteiger partial charge in [-0.3, -0.25) is 4.79 Å². The lowest BCUT2D eigenvalue weighted by atomic mass is 10.1. The van der Waals surface area contributed by atoms with Gasteiger partial charge in [0.1, 0.15) is 5.78 Å². The van der Waals surface area contributed by atoms with E-state index in [-0.39, 0.29) is 11.7 Å².